The van der Waals surface area contributed by atoms with E-state index < -0.39 is 17.8 Å². The van der Waals surface area contributed by atoms with Crippen LogP contribution in [0.2, 0.25) is 0 Å². The minimum Gasteiger partial charge on any atom is -0.494 e. The summed E-state index contributed by atoms with van der Waals surface area (Å²) in [6, 6.07) is 19.9. The average Bonchev–Trinajstić information content (AvgIpc) is 3.03. The van der Waals surface area contributed by atoms with Gasteiger partial charge in [0, 0.05) is 6.04 Å². The third kappa shape index (κ3) is 9.53. The Bertz CT molecular complexity index is 1430. The Morgan fingerprint density at radius 1 is 0.860 bits per heavy atom. The van der Waals surface area contributed by atoms with Gasteiger partial charge in [-0.25, -0.2) is 10.2 Å². The van der Waals surface area contributed by atoms with Gasteiger partial charge in [-0.3, -0.25) is 14.4 Å². The third-order valence-corrected chi connectivity index (χ3v) is 6.89. The van der Waals surface area contributed by atoms with Gasteiger partial charge in [-0.1, -0.05) is 44.7 Å². The molecule has 0 radical (unpaired) electrons. The van der Waals surface area contributed by atoms with Crippen molar-refractivity contribution >= 4 is 35.6 Å². The molecule has 1 fully saturated rings. The zero-order valence-electron chi connectivity index (χ0n) is 24.1. The second-order valence-electron chi connectivity index (χ2n) is 10.2. The predicted molar refractivity (Wildman–Crippen MR) is 163 cm³/mol. The van der Waals surface area contributed by atoms with Crippen LogP contribution >= 0.6 is 0 Å². The molecule has 0 heterocycles. The molecule has 43 heavy (non-hydrogen) atoms. The Morgan fingerprint density at radius 2 is 1.56 bits per heavy atom. The maximum absolute atomic E-state index is 12.8. The highest BCUT2D eigenvalue weighted by Crippen LogP contribution is 2.20. The molecular formula is C33H36N4O6. The first kappa shape index (κ1) is 31.0. The lowest BCUT2D eigenvalue weighted by atomic mass is 9.95. The Kier molecular flexibility index (Phi) is 11.4. The first-order valence-electron chi connectivity index (χ1n) is 14.5. The van der Waals surface area contributed by atoms with Crippen LogP contribution in [0.25, 0.3) is 0 Å². The highest BCUT2D eigenvalue weighted by molar-refractivity contribution is 6.40. The number of unbranched alkanes of at least 4 members (excludes halogenated alkanes) is 1. The largest absolute Gasteiger partial charge is 0.494 e. The molecule has 10 heteroatoms. The van der Waals surface area contributed by atoms with E-state index >= 15 is 0 Å². The fourth-order valence-electron chi connectivity index (χ4n) is 4.50. The number of carbonyl (C=O) groups excluding carboxylic acids is 4. The van der Waals surface area contributed by atoms with Crippen molar-refractivity contribution in [2.24, 2.45) is 5.10 Å². The van der Waals surface area contributed by atoms with E-state index in [0.717, 1.165) is 38.5 Å². The first-order chi connectivity index (χ1) is 20.9. The molecule has 0 unspecified atom stereocenters. The van der Waals surface area contributed by atoms with Crippen molar-refractivity contribution in [1.82, 2.24) is 10.7 Å². The molecule has 3 aromatic carbocycles. The van der Waals surface area contributed by atoms with E-state index in [4.69, 9.17) is 9.47 Å². The van der Waals surface area contributed by atoms with Gasteiger partial charge in [-0.05, 0) is 85.5 Å². The Labute approximate surface area is 250 Å². The molecule has 0 aromatic heterocycles. The number of nitrogens with one attached hydrogen (secondary N) is 3. The maximum Gasteiger partial charge on any atom is 0.343 e. The minimum atomic E-state index is -0.994. The highest BCUT2D eigenvalue weighted by Gasteiger charge is 2.21. The fourth-order valence-corrected chi connectivity index (χ4v) is 4.50. The maximum atomic E-state index is 12.8. The van der Waals surface area contributed by atoms with E-state index in [9.17, 15) is 19.2 Å². The number of nitrogens with zero attached hydrogens (tertiary/aromatic N) is 1. The standard InChI is InChI=1S/C33H36N4O6/c1-2-3-21-42-26-19-15-24(16-20-26)33(41)43-27-17-13-23(14-18-27)22-34-37-32(40)31(39)36-29-12-8-7-11-28(29)30(38)35-25-9-5-4-6-10-25/h7-8,11-20,22,25H,2-6,9-10,21H2,1H3,(H,35,38)(H,36,39)(H,37,40). The molecular weight excluding hydrogens is 548 g/mol. The molecule has 0 bridgehead atoms. The van der Waals surface area contributed by atoms with Crippen LogP contribution in [0, 0.1) is 0 Å². The summed E-state index contributed by atoms with van der Waals surface area (Å²) in [6.45, 7) is 2.71. The predicted octanol–water partition coefficient (Wildman–Crippen LogP) is 5.24. The van der Waals surface area contributed by atoms with Crippen LogP contribution in [0.1, 0.15) is 78.1 Å². The Balaban J connectivity index is 1.25. The third-order valence-electron chi connectivity index (χ3n) is 6.89. The zero-order chi connectivity index (χ0) is 30.4. The lowest BCUT2D eigenvalue weighted by Crippen LogP contribution is -2.37. The van der Waals surface area contributed by atoms with Crippen LogP contribution in [0.4, 0.5) is 5.69 Å². The number of hydrazone groups is 1. The minimum absolute atomic E-state index is 0.108. The molecule has 1 saturated carbocycles. The van der Waals surface area contributed by atoms with Crippen LogP contribution in [-0.4, -0.2) is 42.6 Å². The van der Waals surface area contributed by atoms with Gasteiger partial charge < -0.3 is 20.1 Å². The molecule has 0 spiro atoms. The van der Waals surface area contributed by atoms with Crippen molar-refractivity contribution in [3.05, 3.63) is 89.5 Å². The van der Waals surface area contributed by atoms with E-state index in [1.165, 1.54) is 12.6 Å². The SMILES string of the molecule is CCCCOc1ccc(C(=O)Oc2ccc(C=NNC(=O)C(=O)Nc3ccccc3C(=O)NC3CCCCC3)cc2)cc1. The second-order valence-corrected chi connectivity index (χ2v) is 10.2. The summed E-state index contributed by atoms with van der Waals surface area (Å²) in [5.41, 5.74) is 3.69. The van der Waals surface area contributed by atoms with E-state index in [1.54, 1.807) is 72.8 Å². The number of ether oxygens (including phenoxy) is 2. The Morgan fingerprint density at radius 3 is 2.28 bits per heavy atom. The van der Waals surface area contributed by atoms with E-state index in [0.29, 0.717) is 29.2 Å². The van der Waals surface area contributed by atoms with Gasteiger partial charge in [0.1, 0.15) is 11.5 Å². The summed E-state index contributed by atoms with van der Waals surface area (Å²) in [5.74, 6) is -1.72. The lowest BCUT2D eigenvalue weighted by Gasteiger charge is -2.23. The normalized spacial score (nSPS) is 13.2. The van der Waals surface area contributed by atoms with E-state index in [-0.39, 0.29) is 23.2 Å². The van der Waals surface area contributed by atoms with Crippen molar-refractivity contribution in [2.75, 3.05) is 11.9 Å². The second kappa shape index (κ2) is 15.9. The molecule has 3 aromatic rings. The number of anilines is 1. The van der Waals surface area contributed by atoms with Crippen LogP contribution in [-0.2, 0) is 9.59 Å². The number of hydrogen-bond donors (Lipinski definition) is 3. The smallest absolute Gasteiger partial charge is 0.343 e. The molecule has 10 nitrogen and oxygen atoms in total. The summed E-state index contributed by atoms with van der Waals surface area (Å²) in [5, 5.41) is 9.33. The van der Waals surface area contributed by atoms with Crippen LogP contribution in [0.3, 0.4) is 0 Å². The van der Waals surface area contributed by atoms with E-state index in [1.807, 2.05) is 0 Å². The number of para-hydroxylation sites is 1. The molecule has 0 aliphatic heterocycles. The van der Waals surface area contributed by atoms with Gasteiger partial charge >= 0.3 is 17.8 Å². The van der Waals surface area contributed by atoms with Gasteiger partial charge in [0.25, 0.3) is 5.91 Å². The van der Waals surface area contributed by atoms with Gasteiger partial charge in [0.05, 0.1) is 29.6 Å². The topological polar surface area (TPSA) is 135 Å². The van der Waals surface area contributed by atoms with Crippen molar-refractivity contribution in [3.8, 4) is 11.5 Å². The summed E-state index contributed by atoms with van der Waals surface area (Å²) < 4.78 is 11.0. The molecule has 1 aliphatic carbocycles. The molecule has 4 rings (SSSR count). The number of hydrogen-bond acceptors (Lipinski definition) is 7. The summed E-state index contributed by atoms with van der Waals surface area (Å²) in [7, 11) is 0. The average molecular weight is 585 g/mol. The monoisotopic (exact) mass is 584 g/mol. The number of esters is 1. The van der Waals surface area contributed by atoms with E-state index in [2.05, 4.69) is 28.1 Å². The van der Waals surface area contributed by atoms with Crippen molar-refractivity contribution in [1.29, 1.82) is 0 Å². The molecule has 3 N–H and O–H groups in total. The van der Waals surface area contributed by atoms with Crippen LogP contribution in [0.5, 0.6) is 11.5 Å². The molecule has 224 valence electrons. The van der Waals surface area contributed by atoms with Gasteiger partial charge in [-0.15, -0.1) is 0 Å². The molecule has 0 saturated heterocycles. The van der Waals surface area contributed by atoms with Crippen LogP contribution < -0.4 is 25.5 Å². The quantitative estimate of drug-likeness (QED) is 0.0705. The van der Waals surface area contributed by atoms with Crippen LogP contribution in [0.15, 0.2) is 77.9 Å². The molecule has 3 amide bonds. The molecule has 1 aliphatic rings. The van der Waals surface area contributed by atoms with Crippen molar-refractivity contribution < 1.29 is 28.7 Å². The first-order valence-corrected chi connectivity index (χ1v) is 14.5. The number of carbonyl (C=O) groups is 4. The highest BCUT2D eigenvalue weighted by atomic mass is 16.5. The number of amides is 3. The number of rotatable bonds is 11. The summed E-state index contributed by atoms with van der Waals surface area (Å²) in [4.78, 5) is 50.1. The van der Waals surface area contributed by atoms with Crippen molar-refractivity contribution in [2.45, 2.75) is 57.9 Å². The fraction of sp³-hybridized carbons (Fsp3) is 0.303. The van der Waals surface area contributed by atoms with Gasteiger partial charge in [-0.2, -0.15) is 5.10 Å². The van der Waals surface area contributed by atoms with Crippen molar-refractivity contribution in [3.63, 3.8) is 0 Å². The zero-order valence-corrected chi connectivity index (χ0v) is 24.1. The summed E-state index contributed by atoms with van der Waals surface area (Å²) >= 11 is 0. The molecule has 0 atom stereocenters. The van der Waals surface area contributed by atoms with Gasteiger partial charge in [0.2, 0.25) is 0 Å². The Hall–Kier alpha value is -4.99. The lowest BCUT2D eigenvalue weighted by molar-refractivity contribution is -0.136. The van der Waals surface area contributed by atoms with Gasteiger partial charge in [0.15, 0.2) is 0 Å². The number of benzene rings is 3. The summed E-state index contributed by atoms with van der Waals surface area (Å²) in [6.07, 6.45) is 8.53.